The van der Waals surface area contributed by atoms with E-state index in [2.05, 4.69) is 20.6 Å². The number of fused-ring (bicyclic) bond motifs is 1. The molecule has 2 N–H and O–H groups in total. The minimum atomic E-state index is -0.270. The number of nitrogens with one attached hydrogen (secondary N) is 2. The van der Waals surface area contributed by atoms with E-state index in [4.69, 9.17) is 4.74 Å². The van der Waals surface area contributed by atoms with Crippen LogP contribution in [-0.2, 0) is 4.74 Å². The molecule has 5 rings (SSSR count). The Labute approximate surface area is 173 Å². The molecule has 1 saturated heterocycles. The van der Waals surface area contributed by atoms with Gasteiger partial charge in [-0.15, -0.1) is 0 Å². The smallest absolute Gasteiger partial charge is 0.227 e. The molecule has 1 aliphatic rings. The molecule has 1 aliphatic heterocycles. The number of halogens is 1. The molecule has 1 atom stereocenters. The number of rotatable bonds is 4. The second kappa shape index (κ2) is 8.18. The van der Waals surface area contributed by atoms with Gasteiger partial charge >= 0.3 is 0 Å². The van der Waals surface area contributed by atoms with Crippen LogP contribution in [0, 0.1) is 5.82 Å². The molecule has 1 aromatic heterocycles. The second-order valence-electron chi connectivity index (χ2n) is 7.23. The molecule has 2 heterocycles. The van der Waals surface area contributed by atoms with Crippen molar-refractivity contribution in [2.75, 3.05) is 25.0 Å². The molecule has 0 radical (unpaired) electrons. The van der Waals surface area contributed by atoms with E-state index < -0.39 is 0 Å². The Balaban J connectivity index is 1.44. The van der Waals surface area contributed by atoms with E-state index >= 15 is 0 Å². The van der Waals surface area contributed by atoms with Gasteiger partial charge < -0.3 is 15.4 Å². The fourth-order valence-electron chi connectivity index (χ4n) is 3.70. The maximum absolute atomic E-state index is 14.4. The molecule has 1 unspecified atom stereocenters. The van der Waals surface area contributed by atoms with E-state index in [1.807, 2.05) is 48.5 Å². The highest BCUT2D eigenvalue weighted by Gasteiger charge is 2.15. The standard InChI is InChI=1S/C24H21FN4O/c25-21-7-2-1-5-19(21)20-6-3-4-17-14-27-24(29-23(17)20)28-18-10-8-16(9-11-18)22-15-26-12-13-30-22/h1-11,14,22,26H,12-13,15H2,(H,27,28,29). The van der Waals surface area contributed by atoms with Gasteiger partial charge in [0.15, 0.2) is 0 Å². The Morgan fingerprint density at radius 3 is 2.60 bits per heavy atom. The van der Waals surface area contributed by atoms with Crippen LogP contribution in [0.3, 0.4) is 0 Å². The van der Waals surface area contributed by atoms with Gasteiger partial charge in [-0.3, -0.25) is 0 Å². The van der Waals surface area contributed by atoms with Crippen LogP contribution in [0.1, 0.15) is 11.7 Å². The number of aromatic nitrogens is 2. The van der Waals surface area contributed by atoms with Crippen LogP contribution >= 0.6 is 0 Å². The summed E-state index contributed by atoms with van der Waals surface area (Å²) in [4.78, 5) is 9.10. The summed E-state index contributed by atoms with van der Waals surface area (Å²) >= 11 is 0. The zero-order chi connectivity index (χ0) is 20.3. The average molecular weight is 400 g/mol. The third-order valence-corrected chi connectivity index (χ3v) is 5.24. The molecular formula is C24H21FN4O. The Kier molecular flexibility index (Phi) is 5.09. The summed E-state index contributed by atoms with van der Waals surface area (Å²) in [5.74, 6) is 0.197. The van der Waals surface area contributed by atoms with Gasteiger partial charge in [-0.2, -0.15) is 0 Å². The third-order valence-electron chi connectivity index (χ3n) is 5.24. The van der Waals surface area contributed by atoms with Gasteiger partial charge in [0.1, 0.15) is 5.82 Å². The van der Waals surface area contributed by atoms with Crippen molar-refractivity contribution in [1.29, 1.82) is 0 Å². The normalized spacial score (nSPS) is 16.5. The van der Waals surface area contributed by atoms with Crippen molar-refractivity contribution in [3.8, 4) is 11.1 Å². The largest absolute Gasteiger partial charge is 0.371 e. The topological polar surface area (TPSA) is 59.1 Å². The van der Waals surface area contributed by atoms with Crippen molar-refractivity contribution in [2.45, 2.75) is 6.10 Å². The maximum atomic E-state index is 14.4. The highest BCUT2D eigenvalue weighted by molar-refractivity contribution is 5.94. The number of nitrogens with zero attached hydrogens (tertiary/aromatic N) is 2. The molecule has 0 bridgehead atoms. The number of morpholine rings is 1. The van der Waals surface area contributed by atoms with Crippen LogP contribution < -0.4 is 10.6 Å². The maximum Gasteiger partial charge on any atom is 0.227 e. The number of anilines is 2. The van der Waals surface area contributed by atoms with Crippen LogP contribution in [0.15, 0.2) is 72.9 Å². The lowest BCUT2D eigenvalue weighted by Gasteiger charge is -2.24. The van der Waals surface area contributed by atoms with Crippen LogP contribution in [0.5, 0.6) is 0 Å². The summed E-state index contributed by atoms with van der Waals surface area (Å²) in [5, 5.41) is 7.45. The lowest BCUT2D eigenvalue weighted by molar-refractivity contribution is 0.0277. The highest BCUT2D eigenvalue weighted by atomic mass is 19.1. The van der Waals surface area contributed by atoms with Gasteiger partial charge in [-0.1, -0.05) is 48.5 Å². The molecular weight excluding hydrogens is 379 g/mol. The molecule has 6 heteroatoms. The van der Waals surface area contributed by atoms with Crippen molar-refractivity contribution in [1.82, 2.24) is 15.3 Å². The van der Waals surface area contributed by atoms with Crippen molar-refractivity contribution >= 4 is 22.5 Å². The first-order chi connectivity index (χ1) is 14.8. The van der Waals surface area contributed by atoms with E-state index in [-0.39, 0.29) is 11.9 Å². The molecule has 150 valence electrons. The van der Waals surface area contributed by atoms with Crippen LogP contribution in [0.25, 0.3) is 22.0 Å². The summed E-state index contributed by atoms with van der Waals surface area (Å²) in [6.45, 7) is 2.43. The molecule has 0 spiro atoms. The lowest BCUT2D eigenvalue weighted by atomic mass is 10.0. The number of hydrogen-bond donors (Lipinski definition) is 2. The summed E-state index contributed by atoms with van der Waals surface area (Å²) < 4.78 is 20.2. The van der Waals surface area contributed by atoms with Crippen molar-refractivity contribution < 1.29 is 9.13 Å². The SMILES string of the molecule is Fc1ccccc1-c1cccc2cnc(Nc3ccc(C4CNCCO4)cc3)nc12. The third kappa shape index (κ3) is 3.75. The fraction of sp³-hybridized carbons (Fsp3) is 0.167. The summed E-state index contributed by atoms with van der Waals surface area (Å²) in [7, 11) is 0. The van der Waals surface area contributed by atoms with Gasteiger partial charge in [0, 0.05) is 41.5 Å². The van der Waals surface area contributed by atoms with E-state index in [0.29, 0.717) is 17.0 Å². The van der Waals surface area contributed by atoms with Crippen LogP contribution in [0.4, 0.5) is 16.0 Å². The first-order valence-electron chi connectivity index (χ1n) is 9.98. The molecule has 0 amide bonds. The van der Waals surface area contributed by atoms with Crippen LogP contribution in [-0.4, -0.2) is 29.7 Å². The predicted octanol–water partition coefficient (Wildman–Crippen LogP) is 4.84. The zero-order valence-corrected chi connectivity index (χ0v) is 16.3. The summed E-state index contributed by atoms with van der Waals surface area (Å²) in [5.41, 5.74) is 3.99. The van der Waals surface area contributed by atoms with Crippen molar-refractivity contribution in [3.05, 3.63) is 84.3 Å². The summed E-state index contributed by atoms with van der Waals surface area (Å²) in [6, 6.07) is 20.5. The van der Waals surface area contributed by atoms with Gasteiger partial charge in [-0.25, -0.2) is 14.4 Å². The fourth-order valence-corrected chi connectivity index (χ4v) is 3.70. The Morgan fingerprint density at radius 2 is 1.80 bits per heavy atom. The molecule has 5 nitrogen and oxygen atoms in total. The number of para-hydroxylation sites is 1. The van der Waals surface area contributed by atoms with E-state index in [0.717, 1.165) is 41.9 Å². The predicted molar refractivity (Wildman–Crippen MR) is 116 cm³/mol. The molecule has 30 heavy (non-hydrogen) atoms. The van der Waals surface area contributed by atoms with Gasteiger partial charge in [0.05, 0.1) is 18.2 Å². The van der Waals surface area contributed by atoms with Crippen molar-refractivity contribution in [3.63, 3.8) is 0 Å². The molecule has 4 aromatic rings. The zero-order valence-electron chi connectivity index (χ0n) is 16.3. The van der Waals surface area contributed by atoms with E-state index in [1.165, 1.54) is 6.07 Å². The number of hydrogen-bond acceptors (Lipinski definition) is 5. The van der Waals surface area contributed by atoms with Crippen molar-refractivity contribution in [2.24, 2.45) is 0 Å². The van der Waals surface area contributed by atoms with Crippen LogP contribution in [0.2, 0.25) is 0 Å². The second-order valence-corrected chi connectivity index (χ2v) is 7.23. The minimum Gasteiger partial charge on any atom is -0.371 e. The summed E-state index contributed by atoms with van der Waals surface area (Å²) in [6.07, 6.45) is 1.83. The first-order valence-corrected chi connectivity index (χ1v) is 9.98. The quantitative estimate of drug-likeness (QED) is 0.513. The van der Waals surface area contributed by atoms with Gasteiger partial charge in [0.25, 0.3) is 0 Å². The van der Waals surface area contributed by atoms with Gasteiger partial charge in [-0.05, 0) is 23.8 Å². The number of ether oxygens (including phenoxy) is 1. The molecule has 3 aromatic carbocycles. The Morgan fingerprint density at radius 1 is 0.967 bits per heavy atom. The van der Waals surface area contributed by atoms with E-state index in [1.54, 1.807) is 18.3 Å². The Hall–Kier alpha value is -3.35. The molecule has 0 aliphatic carbocycles. The first kappa shape index (κ1) is 18.7. The Bertz CT molecular complexity index is 1170. The number of benzene rings is 3. The monoisotopic (exact) mass is 400 g/mol. The van der Waals surface area contributed by atoms with Gasteiger partial charge in [0.2, 0.25) is 5.95 Å². The van der Waals surface area contributed by atoms with E-state index in [9.17, 15) is 4.39 Å². The minimum absolute atomic E-state index is 0.0769. The highest BCUT2D eigenvalue weighted by Crippen LogP contribution is 2.30. The molecule has 1 fully saturated rings. The lowest BCUT2D eigenvalue weighted by Crippen LogP contribution is -2.33. The molecule has 0 saturated carbocycles. The average Bonchev–Trinajstić information content (AvgIpc) is 2.80.